The highest BCUT2D eigenvalue weighted by atomic mass is 32.2. The molecular weight excluding hydrogens is 298 g/mol. The molecule has 3 aromatic rings. The number of rotatable bonds is 4. The second-order valence-electron chi connectivity index (χ2n) is 4.85. The Labute approximate surface area is 131 Å². The number of fused-ring (bicyclic) bond motifs is 1. The summed E-state index contributed by atoms with van der Waals surface area (Å²) in [6.07, 6.45) is 0.768. The fourth-order valence-electron chi connectivity index (χ4n) is 2.45. The summed E-state index contributed by atoms with van der Waals surface area (Å²) in [5.41, 5.74) is 1.55. The first-order valence-electron chi connectivity index (χ1n) is 6.65. The van der Waals surface area contributed by atoms with Crippen molar-refractivity contribution in [2.75, 3.05) is 0 Å². The summed E-state index contributed by atoms with van der Waals surface area (Å²) in [6, 6.07) is 14.8. The van der Waals surface area contributed by atoms with Crippen molar-refractivity contribution in [1.82, 2.24) is 4.57 Å². The van der Waals surface area contributed by atoms with Crippen molar-refractivity contribution in [2.24, 2.45) is 7.05 Å². The Bertz CT molecular complexity index is 868. The highest BCUT2D eigenvalue weighted by Gasteiger charge is 2.21. The number of hydrogen-bond acceptors (Lipinski definition) is 3. The molecule has 0 aliphatic carbocycles. The van der Waals surface area contributed by atoms with Crippen LogP contribution in [-0.2, 0) is 7.05 Å². The van der Waals surface area contributed by atoms with Crippen molar-refractivity contribution in [3.05, 3.63) is 59.8 Å². The molecule has 0 unspecified atom stereocenters. The molecule has 4 nitrogen and oxygen atoms in total. The van der Waals surface area contributed by atoms with E-state index in [1.807, 2.05) is 30.3 Å². The second kappa shape index (κ2) is 5.69. The fourth-order valence-corrected chi connectivity index (χ4v) is 3.58. The first-order chi connectivity index (χ1) is 10.6. The molecular formula is C17H13NO3S. The quantitative estimate of drug-likeness (QED) is 0.744. The summed E-state index contributed by atoms with van der Waals surface area (Å²) in [5, 5.41) is 10.3. The number of carboxylic acid groups (broad SMARTS) is 1. The van der Waals surface area contributed by atoms with E-state index in [-0.39, 0.29) is 5.69 Å². The molecule has 0 amide bonds. The number of nitrogens with zero attached hydrogens (tertiary/aromatic N) is 1. The van der Waals surface area contributed by atoms with Crippen LogP contribution in [-0.4, -0.2) is 21.9 Å². The third-order valence-electron chi connectivity index (χ3n) is 3.48. The third kappa shape index (κ3) is 2.40. The SMILES string of the molecule is Cn1c(C(=O)O)c(Sc2ccccc2)c2cc(C=O)ccc21. The van der Waals surface area contributed by atoms with E-state index in [4.69, 9.17) is 0 Å². The highest BCUT2D eigenvalue weighted by Crippen LogP contribution is 2.38. The Morgan fingerprint density at radius 1 is 1.18 bits per heavy atom. The summed E-state index contributed by atoms with van der Waals surface area (Å²) in [4.78, 5) is 24.3. The third-order valence-corrected chi connectivity index (χ3v) is 4.60. The van der Waals surface area contributed by atoms with Crippen LogP contribution in [0.15, 0.2) is 58.3 Å². The number of benzene rings is 2. The molecule has 0 aliphatic rings. The number of carboxylic acids is 1. The van der Waals surface area contributed by atoms with E-state index in [0.29, 0.717) is 10.5 Å². The topological polar surface area (TPSA) is 59.3 Å². The van der Waals surface area contributed by atoms with Crippen molar-refractivity contribution in [2.45, 2.75) is 9.79 Å². The number of aldehydes is 1. The molecule has 1 aromatic heterocycles. The molecule has 5 heteroatoms. The van der Waals surface area contributed by atoms with Gasteiger partial charge in [-0.1, -0.05) is 30.0 Å². The summed E-state index contributed by atoms with van der Waals surface area (Å²) >= 11 is 1.39. The van der Waals surface area contributed by atoms with E-state index in [1.165, 1.54) is 11.8 Å². The van der Waals surface area contributed by atoms with Crippen LogP contribution in [0.1, 0.15) is 20.8 Å². The molecule has 3 rings (SSSR count). The fraction of sp³-hybridized carbons (Fsp3) is 0.0588. The summed E-state index contributed by atoms with van der Waals surface area (Å²) in [6.45, 7) is 0. The molecule has 0 saturated carbocycles. The molecule has 0 spiro atoms. The van der Waals surface area contributed by atoms with Gasteiger partial charge in [0.25, 0.3) is 0 Å². The van der Waals surface area contributed by atoms with Crippen LogP contribution in [0.4, 0.5) is 0 Å². The Morgan fingerprint density at radius 2 is 1.91 bits per heavy atom. The Morgan fingerprint density at radius 3 is 2.55 bits per heavy atom. The van der Waals surface area contributed by atoms with Crippen molar-refractivity contribution in [3.63, 3.8) is 0 Å². The van der Waals surface area contributed by atoms with Crippen molar-refractivity contribution < 1.29 is 14.7 Å². The standard InChI is InChI=1S/C17H13NO3S/c1-18-14-8-7-11(10-19)9-13(14)16(15(18)17(20)21)22-12-5-3-2-4-6-12/h2-10H,1H3,(H,20,21). The molecule has 0 aliphatic heterocycles. The second-order valence-corrected chi connectivity index (χ2v) is 5.94. The van der Waals surface area contributed by atoms with Crippen LogP contribution in [0, 0.1) is 0 Å². The zero-order chi connectivity index (χ0) is 15.7. The molecule has 0 radical (unpaired) electrons. The molecule has 1 N–H and O–H groups in total. The van der Waals surface area contributed by atoms with E-state index < -0.39 is 5.97 Å². The molecule has 0 atom stereocenters. The Hall–Kier alpha value is -2.53. The predicted octanol–water partition coefficient (Wildman–Crippen LogP) is 3.84. The Kier molecular flexibility index (Phi) is 3.73. The van der Waals surface area contributed by atoms with Gasteiger partial charge in [-0.05, 0) is 30.3 Å². The zero-order valence-electron chi connectivity index (χ0n) is 11.8. The van der Waals surface area contributed by atoms with Crippen LogP contribution in [0.25, 0.3) is 10.9 Å². The van der Waals surface area contributed by atoms with Crippen LogP contribution >= 0.6 is 11.8 Å². The average molecular weight is 311 g/mol. The maximum Gasteiger partial charge on any atom is 0.353 e. The number of aryl methyl sites for hydroxylation is 1. The molecule has 0 fully saturated rings. The normalized spacial score (nSPS) is 10.8. The minimum atomic E-state index is -0.982. The predicted molar refractivity (Wildman–Crippen MR) is 85.8 cm³/mol. The van der Waals surface area contributed by atoms with Crippen LogP contribution in [0.5, 0.6) is 0 Å². The van der Waals surface area contributed by atoms with Gasteiger partial charge in [-0.15, -0.1) is 0 Å². The van der Waals surface area contributed by atoms with Gasteiger partial charge < -0.3 is 9.67 Å². The number of hydrogen-bond donors (Lipinski definition) is 1. The lowest BCUT2D eigenvalue weighted by molar-refractivity contribution is 0.0683. The summed E-state index contributed by atoms with van der Waals surface area (Å²) in [5.74, 6) is -0.982. The maximum absolute atomic E-state index is 11.7. The van der Waals surface area contributed by atoms with Crippen LogP contribution in [0.2, 0.25) is 0 Å². The summed E-state index contributed by atoms with van der Waals surface area (Å²) in [7, 11) is 1.72. The van der Waals surface area contributed by atoms with Crippen LogP contribution in [0.3, 0.4) is 0 Å². The molecule has 2 aromatic carbocycles. The monoisotopic (exact) mass is 311 g/mol. The average Bonchev–Trinajstić information content (AvgIpc) is 2.80. The lowest BCUT2D eigenvalue weighted by Crippen LogP contribution is -2.05. The van der Waals surface area contributed by atoms with Gasteiger partial charge in [0.15, 0.2) is 0 Å². The van der Waals surface area contributed by atoms with E-state index in [2.05, 4.69) is 0 Å². The van der Waals surface area contributed by atoms with E-state index >= 15 is 0 Å². The van der Waals surface area contributed by atoms with Gasteiger partial charge in [-0.3, -0.25) is 4.79 Å². The number of aromatic carboxylic acids is 1. The smallest absolute Gasteiger partial charge is 0.353 e. The minimum Gasteiger partial charge on any atom is -0.477 e. The van der Waals surface area contributed by atoms with Crippen molar-refractivity contribution in [1.29, 1.82) is 0 Å². The molecule has 0 bridgehead atoms. The van der Waals surface area contributed by atoms with Crippen molar-refractivity contribution >= 4 is 34.9 Å². The maximum atomic E-state index is 11.7. The van der Waals surface area contributed by atoms with E-state index in [0.717, 1.165) is 22.1 Å². The van der Waals surface area contributed by atoms with Gasteiger partial charge in [0.05, 0.1) is 4.90 Å². The number of carbonyl (C=O) groups is 2. The van der Waals surface area contributed by atoms with E-state index in [1.54, 1.807) is 29.8 Å². The largest absolute Gasteiger partial charge is 0.477 e. The van der Waals surface area contributed by atoms with Gasteiger partial charge in [0.2, 0.25) is 0 Å². The molecule has 22 heavy (non-hydrogen) atoms. The highest BCUT2D eigenvalue weighted by molar-refractivity contribution is 7.99. The van der Waals surface area contributed by atoms with Gasteiger partial charge in [-0.2, -0.15) is 0 Å². The van der Waals surface area contributed by atoms with E-state index in [9.17, 15) is 14.7 Å². The Balaban J connectivity index is 2.26. The number of aromatic nitrogens is 1. The molecule has 0 saturated heterocycles. The number of carbonyl (C=O) groups excluding carboxylic acids is 1. The minimum absolute atomic E-state index is 0.229. The van der Waals surface area contributed by atoms with Gasteiger partial charge in [0, 0.05) is 28.4 Å². The van der Waals surface area contributed by atoms with Crippen molar-refractivity contribution in [3.8, 4) is 0 Å². The first kappa shape index (κ1) is 14.4. The lowest BCUT2D eigenvalue weighted by Gasteiger charge is -2.03. The summed E-state index contributed by atoms with van der Waals surface area (Å²) < 4.78 is 1.65. The van der Waals surface area contributed by atoms with Gasteiger partial charge >= 0.3 is 5.97 Å². The first-order valence-corrected chi connectivity index (χ1v) is 7.47. The zero-order valence-corrected chi connectivity index (χ0v) is 12.6. The molecule has 110 valence electrons. The van der Waals surface area contributed by atoms with Crippen LogP contribution < -0.4 is 0 Å². The molecule has 1 heterocycles. The van der Waals surface area contributed by atoms with Gasteiger partial charge in [-0.25, -0.2) is 4.79 Å². The van der Waals surface area contributed by atoms with Gasteiger partial charge in [0.1, 0.15) is 12.0 Å². The lowest BCUT2D eigenvalue weighted by atomic mass is 10.2.